The Bertz CT molecular complexity index is 202. The highest BCUT2D eigenvalue weighted by atomic mass is 13.9. The molecule has 0 aliphatic heterocycles. The molecule has 0 saturated carbocycles. The van der Waals surface area contributed by atoms with Crippen LogP contribution in [0.25, 0.3) is 0 Å². The van der Waals surface area contributed by atoms with Crippen LogP contribution in [0.5, 0.6) is 0 Å². The van der Waals surface area contributed by atoms with E-state index in [1.165, 1.54) is 12.8 Å². The van der Waals surface area contributed by atoms with Crippen molar-refractivity contribution in [2.24, 2.45) is 0 Å². The zero-order valence-electron chi connectivity index (χ0n) is 8.78. The topological polar surface area (TPSA) is 0 Å². The number of rotatable bonds is 0. The first-order valence-electron chi connectivity index (χ1n) is 5.53. The second kappa shape index (κ2) is 8.55. The lowest BCUT2D eigenvalue weighted by Gasteiger charge is -1.90. The average molecular weight is 187 g/mol. The number of hydrogen-bond acceptors (Lipinski definition) is 0. The predicted molar refractivity (Wildman–Crippen MR) is 62.9 cm³/mol. The molecule has 0 aromatic rings. The smallest absolute Gasteiger partial charge is 0.0230 e. The molecule has 0 spiro atoms. The highest BCUT2D eigenvalue weighted by Crippen LogP contribution is 2.01. The van der Waals surface area contributed by atoms with Gasteiger partial charge < -0.3 is 0 Å². The van der Waals surface area contributed by atoms with Crippen LogP contribution in [0.15, 0.2) is 42.5 Å². The number of hydrogen-bond donors (Lipinski definition) is 0. The Morgan fingerprint density at radius 1 is 0.571 bits per heavy atom. The molecule has 1 rings (SSSR count). The summed E-state index contributed by atoms with van der Waals surface area (Å²) in [5.41, 5.74) is 0. The summed E-state index contributed by atoms with van der Waals surface area (Å²) in [6, 6.07) is 0. The quantitative estimate of drug-likeness (QED) is 0.494. The van der Waals surface area contributed by atoms with E-state index in [0.717, 1.165) is 25.7 Å². The summed E-state index contributed by atoms with van der Waals surface area (Å²) in [5, 5.41) is 0. The van der Waals surface area contributed by atoms with Gasteiger partial charge >= 0.3 is 0 Å². The SMILES string of the molecule is [C]1=C/CC/C=C/CC/C=C/CC\C=C/1. The summed E-state index contributed by atoms with van der Waals surface area (Å²) in [6.07, 6.45) is 25.5. The second-order valence-electron chi connectivity index (χ2n) is 3.45. The Morgan fingerprint density at radius 2 is 1.07 bits per heavy atom. The second-order valence-corrected chi connectivity index (χ2v) is 3.45. The molecule has 0 aromatic carbocycles. The highest BCUT2D eigenvalue weighted by Gasteiger charge is 1.81. The Kier molecular flexibility index (Phi) is 6.74. The van der Waals surface area contributed by atoms with Gasteiger partial charge in [-0.3, -0.25) is 0 Å². The van der Waals surface area contributed by atoms with Crippen LogP contribution in [0.3, 0.4) is 0 Å². The van der Waals surface area contributed by atoms with Crippen LogP contribution in [-0.2, 0) is 0 Å². The van der Waals surface area contributed by atoms with Gasteiger partial charge in [0.25, 0.3) is 0 Å². The summed E-state index contributed by atoms with van der Waals surface area (Å²) in [7, 11) is 0. The Hall–Kier alpha value is -1.04. The summed E-state index contributed by atoms with van der Waals surface area (Å²) >= 11 is 0. The molecule has 75 valence electrons. The van der Waals surface area contributed by atoms with Crippen molar-refractivity contribution >= 4 is 0 Å². The molecule has 1 aliphatic rings. The zero-order valence-corrected chi connectivity index (χ0v) is 8.78. The van der Waals surface area contributed by atoms with Crippen molar-refractivity contribution in [2.75, 3.05) is 0 Å². The van der Waals surface area contributed by atoms with Crippen molar-refractivity contribution in [2.45, 2.75) is 38.5 Å². The van der Waals surface area contributed by atoms with Crippen molar-refractivity contribution in [3.05, 3.63) is 48.6 Å². The summed E-state index contributed by atoms with van der Waals surface area (Å²) in [4.78, 5) is 0. The molecular weight excluding hydrogens is 168 g/mol. The molecule has 0 amide bonds. The van der Waals surface area contributed by atoms with Crippen molar-refractivity contribution in [3.63, 3.8) is 0 Å². The molecule has 0 heteroatoms. The molecule has 0 heterocycles. The van der Waals surface area contributed by atoms with Crippen LogP contribution >= 0.6 is 0 Å². The third kappa shape index (κ3) is 6.47. The fraction of sp³-hybridized carbons (Fsp3) is 0.429. The molecule has 0 atom stereocenters. The van der Waals surface area contributed by atoms with E-state index in [0.29, 0.717) is 0 Å². The van der Waals surface area contributed by atoms with Crippen molar-refractivity contribution in [3.8, 4) is 0 Å². The van der Waals surface area contributed by atoms with E-state index >= 15 is 0 Å². The van der Waals surface area contributed by atoms with E-state index in [1.54, 1.807) is 0 Å². The van der Waals surface area contributed by atoms with E-state index in [-0.39, 0.29) is 0 Å². The molecule has 1 radical (unpaired) electrons. The normalized spacial score (nSPS) is 28.6. The molecular formula is C14H19. The molecule has 0 aromatic heterocycles. The first kappa shape index (κ1) is 11.0. The first-order chi connectivity index (χ1) is 7.00. The maximum absolute atomic E-state index is 3.18. The van der Waals surface area contributed by atoms with Crippen LogP contribution in [-0.4, -0.2) is 0 Å². The fourth-order valence-corrected chi connectivity index (χ4v) is 1.34. The molecule has 14 heavy (non-hydrogen) atoms. The van der Waals surface area contributed by atoms with Crippen LogP contribution < -0.4 is 0 Å². The van der Waals surface area contributed by atoms with Gasteiger partial charge in [0.2, 0.25) is 0 Å². The van der Waals surface area contributed by atoms with E-state index in [1.807, 2.05) is 6.08 Å². The van der Waals surface area contributed by atoms with Crippen molar-refractivity contribution in [1.29, 1.82) is 0 Å². The molecule has 0 N–H and O–H groups in total. The van der Waals surface area contributed by atoms with Gasteiger partial charge in [0, 0.05) is 0 Å². The standard InChI is InChI=1S/C14H19/c1-2-4-6-8-10-12-14-13-11-9-7-5-3-1/h1-2,7-10,14H,3-6,11,13H2/b2-1+,9-7+,10-8-,14-12?. The first-order valence-corrected chi connectivity index (χ1v) is 5.53. The van der Waals surface area contributed by atoms with E-state index in [2.05, 4.69) is 42.5 Å². The fourth-order valence-electron chi connectivity index (χ4n) is 1.34. The van der Waals surface area contributed by atoms with Gasteiger partial charge in [-0.1, -0.05) is 42.5 Å². The van der Waals surface area contributed by atoms with Gasteiger partial charge in [-0.15, -0.1) is 0 Å². The minimum absolute atomic E-state index is 1.11. The Labute approximate surface area is 87.7 Å². The van der Waals surface area contributed by atoms with Crippen molar-refractivity contribution in [1.82, 2.24) is 0 Å². The number of allylic oxidation sites excluding steroid dienone is 8. The van der Waals surface area contributed by atoms with E-state index in [9.17, 15) is 0 Å². The molecule has 0 nitrogen and oxygen atoms in total. The molecule has 0 saturated heterocycles. The zero-order chi connectivity index (χ0) is 9.90. The average Bonchev–Trinajstić information content (AvgIpc) is 2.22. The molecule has 0 fully saturated rings. The third-order valence-corrected chi connectivity index (χ3v) is 2.14. The summed E-state index contributed by atoms with van der Waals surface area (Å²) < 4.78 is 0. The van der Waals surface area contributed by atoms with Crippen molar-refractivity contribution < 1.29 is 0 Å². The molecule has 0 bridgehead atoms. The highest BCUT2D eigenvalue weighted by molar-refractivity contribution is 4.98. The van der Waals surface area contributed by atoms with Crippen LogP contribution in [0, 0.1) is 6.08 Å². The lowest BCUT2D eigenvalue weighted by atomic mass is 10.2. The van der Waals surface area contributed by atoms with Crippen LogP contribution in [0.1, 0.15) is 38.5 Å². The summed E-state index contributed by atoms with van der Waals surface area (Å²) in [5.74, 6) is 0. The van der Waals surface area contributed by atoms with Crippen LogP contribution in [0.4, 0.5) is 0 Å². The van der Waals surface area contributed by atoms with Crippen LogP contribution in [0.2, 0.25) is 0 Å². The largest absolute Gasteiger partial charge is 0.0882 e. The van der Waals surface area contributed by atoms with Gasteiger partial charge in [0.05, 0.1) is 0 Å². The molecule has 1 aliphatic carbocycles. The Morgan fingerprint density at radius 3 is 1.71 bits per heavy atom. The van der Waals surface area contributed by atoms with Gasteiger partial charge in [-0.2, -0.15) is 0 Å². The lowest BCUT2D eigenvalue weighted by Crippen LogP contribution is -1.70. The predicted octanol–water partition coefficient (Wildman–Crippen LogP) is 4.37. The minimum atomic E-state index is 1.11. The maximum Gasteiger partial charge on any atom is -0.0230 e. The minimum Gasteiger partial charge on any atom is -0.0882 e. The van der Waals surface area contributed by atoms with Gasteiger partial charge in [0.15, 0.2) is 0 Å². The van der Waals surface area contributed by atoms with E-state index < -0.39 is 0 Å². The summed E-state index contributed by atoms with van der Waals surface area (Å²) in [6.45, 7) is 0. The Balaban J connectivity index is 2.34. The van der Waals surface area contributed by atoms with E-state index in [4.69, 9.17) is 0 Å². The van der Waals surface area contributed by atoms with Gasteiger partial charge in [-0.05, 0) is 44.6 Å². The third-order valence-electron chi connectivity index (χ3n) is 2.14. The molecule has 0 unspecified atom stereocenters. The van der Waals surface area contributed by atoms with Gasteiger partial charge in [-0.25, -0.2) is 0 Å². The maximum atomic E-state index is 3.18. The van der Waals surface area contributed by atoms with Gasteiger partial charge in [0.1, 0.15) is 0 Å². The lowest BCUT2D eigenvalue weighted by molar-refractivity contribution is 0.982. The monoisotopic (exact) mass is 187 g/mol.